The normalized spacial score (nSPS) is 10.4. The van der Waals surface area contributed by atoms with E-state index in [0.29, 0.717) is 22.0 Å². The lowest BCUT2D eigenvalue weighted by atomic mass is 10.0. The molecular formula is C15H12Cl2O. The molecule has 92 valence electrons. The monoisotopic (exact) mass is 278 g/mol. The number of rotatable bonds is 3. The Kier molecular flexibility index (Phi) is 4.05. The maximum absolute atomic E-state index is 12.2. The zero-order chi connectivity index (χ0) is 13.1. The third kappa shape index (κ3) is 3.12. The number of hydrogen-bond acceptors (Lipinski definition) is 1. The summed E-state index contributed by atoms with van der Waals surface area (Å²) in [4.78, 5) is 12.2. The second-order valence-electron chi connectivity index (χ2n) is 4.21. The molecule has 0 saturated carbocycles. The second kappa shape index (κ2) is 5.55. The SMILES string of the molecule is Cc1cc(Cl)cc(C(=O)Cc2ccccc2Cl)c1. The van der Waals surface area contributed by atoms with E-state index in [0.717, 1.165) is 11.1 Å². The van der Waals surface area contributed by atoms with Crippen LogP contribution in [0.2, 0.25) is 10.0 Å². The molecule has 0 saturated heterocycles. The largest absolute Gasteiger partial charge is 0.294 e. The van der Waals surface area contributed by atoms with Crippen molar-refractivity contribution in [1.82, 2.24) is 0 Å². The number of carbonyl (C=O) groups excluding carboxylic acids is 1. The minimum atomic E-state index is 0.0219. The lowest BCUT2D eigenvalue weighted by Crippen LogP contribution is -2.04. The number of ketones is 1. The minimum absolute atomic E-state index is 0.0219. The number of aryl methyl sites for hydroxylation is 1. The predicted octanol–water partition coefficient (Wildman–Crippen LogP) is 4.73. The van der Waals surface area contributed by atoms with E-state index in [2.05, 4.69) is 0 Å². The molecule has 18 heavy (non-hydrogen) atoms. The quantitative estimate of drug-likeness (QED) is 0.742. The fourth-order valence-corrected chi connectivity index (χ4v) is 2.31. The molecule has 0 radical (unpaired) electrons. The molecule has 0 aliphatic heterocycles. The van der Waals surface area contributed by atoms with Crippen LogP contribution in [-0.2, 0) is 6.42 Å². The van der Waals surface area contributed by atoms with E-state index in [9.17, 15) is 4.79 Å². The van der Waals surface area contributed by atoms with Gasteiger partial charge in [-0.1, -0.05) is 41.4 Å². The maximum atomic E-state index is 12.2. The van der Waals surface area contributed by atoms with Crippen molar-refractivity contribution in [2.45, 2.75) is 13.3 Å². The smallest absolute Gasteiger partial charge is 0.167 e. The molecular weight excluding hydrogens is 267 g/mol. The van der Waals surface area contributed by atoms with Gasteiger partial charge in [-0.3, -0.25) is 4.79 Å². The first kappa shape index (κ1) is 13.1. The highest BCUT2D eigenvalue weighted by Crippen LogP contribution is 2.20. The number of hydrogen-bond donors (Lipinski definition) is 0. The molecule has 0 aliphatic carbocycles. The first-order valence-corrected chi connectivity index (χ1v) is 6.35. The van der Waals surface area contributed by atoms with Gasteiger partial charge in [-0.25, -0.2) is 0 Å². The summed E-state index contributed by atoms with van der Waals surface area (Å²) < 4.78 is 0. The van der Waals surface area contributed by atoms with E-state index < -0.39 is 0 Å². The Balaban J connectivity index is 2.25. The fourth-order valence-electron chi connectivity index (χ4n) is 1.81. The van der Waals surface area contributed by atoms with Crippen molar-refractivity contribution >= 4 is 29.0 Å². The molecule has 0 atom stereocenters. The van der Waals surface area contributed by atoms with Crippen molar-refractivity contribution < 1.29 is 4.79 Å². The van der Waals surface area contributed by atoms with Gasteiger partial charge >= 0.3 is 0 Å². The Morgan fingerprint density at radius 1 is 1.11 bits per heavy atom. The van der Waals surface area contributed by atoms with Crippen molar-refractivity contribution in [2.24, 2.45) is 0 Å². The van der Waals surface area contributed by atoms with Crippen LogP contribution in [0.1, 0.15) is 21.5 Å². The molecule has 1 nitrogen and oxygen atoms in total. The highest BCUT2D eigenvalue weighted by atomic mass is 35.5. The molecule has 0 fully saturated rings. The number of benzene rings is 2. The lowest BCUT2D eigenvalue weighted by Gasteiger charge is -2.05. The Morgan fingerprint density at radius 2 is 1.83 bits per heavy atom. The Hall–Kier alpha value is -1.31. The first-order chi connectivity index (χ1) is 8.56. The van der Waals surface area contributed by atoms with Crippen molar-refractivity contribution in [3.63, 3.8) is 0 Å². The molecule has 0 spiro atoms. The Morgan fingerprint density at radius 3 is 2.50 bits per heavy atom. The zero-order valence-corrected chi connectivity index (χ0v) is 11.4. The number of carbonyl (C=O) groups is 1. The van der Waals surface area contributed by atoms with Gasteiger partial charge in [0.25, 0.3) is 0 Å². The summed E-state index contributed by atoms with van der Waals surface area (Å²) >= 11 is 12.0. The average molecular weight is 279 g/mol. The third-order valence-corrected chi connectivity index (χ3v) is 3.26. The molecule has 2 aromatic carbocycles. The highest BCUT2D eigenvalue weighted by Gasteiger charge is 2.10. The molecule has 2 aromatic rings. The van der Waals surface area contributed by atoms with Crippen molar-refractivity contribution in [1.29, 1.82) is 0 Å². The van der Waals surface area contributed by atoms with Crippen LogP contribution in [0.3, 0.4) is 0 Å². The summed E-state index contributed by atoms with van der Waals surface area (Å²) in [5.41, 5.74) is 2.44. The molecule has 0 amide bonds. The maximum Gasteiger partial charge on any atom is 0.167 e. The van der Waals surface area contributed by atoms with E-state index >= 15 is 0 Å². The topological polar surface area (TPSA) is 17.1 Å². The van der Waals surface area contributed by atoms with Crippen LogP contribution in [-0.4, -0.2) is 5.78 Å². The van der Waals surface area contributed by atoms with Gasteiger partial charge in [0.15, 0.2) is 5.78 Å². The van der Waals surface area contributed by atoms with E-state index in [1.165, 1.54) is 0 Å². The van der Waals surface area contributed by atoms with Crippen LogP contribution < -0.4 is 0 Å². The summed E-state index contributed by atoms with van der Waals surface area (Å²) in [7, 11) is 0. The van der Waals surface area contributed by atoms with Gasteiger partial charge < -0.3 is 0 Å². The van der Waals surface area contributed by atoms with Crippen LogP contribution in [0, 0.1) is 6.92 Å². The number of Topliss-reactive ketones (excluding diaryl/α,β-unsaturated/α-hetero) is 1. The molecule has 0 aromatic heterocycles. The zero-order valence-electron chi connectivity index (χ0n) is 9.91. The third-order valence-electron chi connectivity index (χ3n) is 2.67. The lowest BCUT2D eigenvalue weighted by molar-refractivity contribution is 0.0993. The summed E-state index contributed by atoms with van der Waals surface area (Å²) in [5, 5.41) is 1.20. The summed E-state index contributed by atoms with van der Waals surface area (Å²) in [6.45, 7) is 1.91. The molecule has 0 unspecified atom stereocenters. The van der Waals surface area contributed by atoms with Crippen LogP contribution in [0.15, 0.2) is 42.5 Å². The summed E-state index contributed by atoms with van der Waals surface area (Å²) in [6, 6.07) is 12.7. The first-order valence-electron chi connectivity index (χ1n) is 5.60. The van der Waals surface area contributed by atoms with Gasteiger partial charge in [-0.2, -0.15) is 0 Å². The average Bonchev–Trinajstić information content (AvgIpc) is 2.31. The molecule has 3 heteroatoms. The second-order valence-corrected chi connectivity index (χ2v) is 5.05. The molecule has 0 bridgehead atoms. The predicted molar refractivity (Wildman–Crippen MR) is 75.7 cm³/mol. The van der Waals surface area contributed by atoms with Crippen molar-refractivity contribution in [2.75, 3.05) is 0 Å². The molecule has 2 rings (SSSR count). The van der Waals surface area contributed by atoms with Gasteiger partial charge in [-0.05, 0) is 42.3 Å². The molecule has 0 aliphatic rings. The summed E-state index contributed by atoms with van der Waals surface area (Å²) in [5.74, 6) is 0.0219. The van der Waals surface area contributed by atoms with E-state index in [4.69, 9.17) is 23.2 Å². The molecule has 0 heterocycles. The van der Waals surface area contributed by atoms with E-state index in [-0.39, 0.29) is 5.78 Å². The fraction of sp³-hybridized carbons (Fsp3) is 0.133. The van der Waals surface area contributed by atoms with Gasteiger partial charge in [0, 0.05) is 22.0 Å². The highest BCUT2D eigenvalue weighted by molar-refractivity contribution is 6.32. The van der Waals surface area contributed by atoms with Crippen molar-refractivity contribution in [3.05, 3.63) is 69.2 Å². The van der Waals surface area contributed by atoms with Gasteiger partial charge in [0.05, 0.1) is 0 Å². The molecule has 0 N–H and O–H groups in total. The van der Waals surface area contributed by atoms with Gasteiger partial charge in [0.1, 0.15) is 0 Å². The van der Waals surface area contributed by atoms with Gasteiger partial charge in [-0.15, -0.1) is 0 Å². The standard InChI is InChI=1S/C15H12Cl2O/c1-10-6-12(8-13(16)7-10)15(18)9-11-4-2-3-5-14(11)17/h2-8H,9H2,1H3. The number of halogens is 2. The van der Waals surface area contributed by atoms with Crippen LogP contribution in [0.25, 0.3) is 0 Å². The van der Waals surface area contributed by atoms with Crippen LogP contribution >= 0.6 is 23.2 Å². The Labute approximate surface area is 116 Å². The Bertz CT molecular complexity index is 571. The summed E-state index contributed by atoms with van der Waals surface area (Å²) in [6.07, 6.45) is 0.291. The van der Waals surface area contributed by atoms with Gasteiger partial charge in [0.2, 0.25) is 0 Å². The van der Waals surface area contributed by atoms with Crippen molar-refractivity contribution in [3.8, 4) is 0 Å². The van der Waals surface area contributed by atoms with E-state index in [1.807, 2.05) is 37.3 Å². The minimum Gasteiger partial charge on any atom is -0.294 e. The van der Waals surface area contributed by atoms with Crippen LogP contribution in [0.4, 0.5) is 0 Å². The van der Waals surface area contributed by atoms with Crippen LogP contribution in [0.5, 0.6) is 0 Å². The van der Waals surface area contributed by atoms with E-state index in [1.54, 1.807) is 12.1 Å².